The van der Waals surface area contributed by atoms with Gasteiger partial charge in [0, 0.05) is 36.2 Å². The molecular formula is C18H19N3O4. The molecule has 7 heteroatoms. The number of non-ortho nitro benzene ring substituents is 1. The van der Waals surface area contributed by atoms with Crippen LogP contribution in [0.2, 0.25) is 0 Å². The van der Waals surface area contributed by atoms with Crippen molar-refractivity contribution < 1.29 is 14.5 Å². The molecule has 1 aliphatic heterocycles. The normalized spacial score (nSPS) is 16.4. The molecule has 1 heterocycles. The van der Waals surface area contributed by atoms with E-state index < -0.39 is 4.92 Å². The lowest BCUT2D eigenvalue weighted by molar-refractivity contribution is -0.384. The fourth-order valence-corrected chi connectivity index (χ4v) is 2.92. The van der Waals surface area contributed by atoms with Crippen LogP contribution in [0.15, 0.2) is 48.5 Å². The van der Waals surface area contributed by atoms with Crippen LogP contribution in [0.1, 0.15) is 24.0 Å². The molecule has 0 aromatic heterocycles. The molecule has 25 heavy (non-hydrogen) atoms. The minimum atomic E-state index is -0.455. The van der Waals surface area contributed by atoms with Crippen molar-refractivity contribution in [1.82, 2.24) is 10.6 Å². The highest BCUT2D eigenvalue weighted by atomic mass is 16.6. The van der Waals surface area contributed by atoms with Gasteiger partial charge < -0.3 is 15.4 Å². The number of carbonyl (C=O) groups is 1. The largest absolute Gasteiger partial charge is 0.493 e. The quantitative estimate of drug-likeness (QED) is 0.646. The van der Waals surface area contributed by atoms with Gasteiger partial charge in [-0.15, -0.1) is 0 Å². The average molecular weight is 341 g/mol. The highest BCUT2D eigenvalue weighted by molar-refractivity contribution is 5.74. The van der Waals surface area contributed by atoms with Crippen molar-refractivity contribution >= 4 is 11.7 Å². The van der Waals surface area contributed by atoms with Crippen LogP contribution in [0.5, 0.6) is 5.75 Å². The first-order valence-electron chi connectivity index (χ1n) is 8.04. The number of hydrogen-bond acceptors (Lipinski definition) is 4. The molecule has 2 unspecified atom stereocenters. The Kier molecular flexibility index (Phi) is 4.83. The molecule has 2 aromatic rings. The van der Waals surface area contributed by atoms with Gasteiger partial charge in [-0.2, -0.15) is 0 Å². The molecule has 0 fully saturated rings. The molecule has 0 aliphatic carbocycles. The molecular weight excluding hydrogens is 322 g/mol. The fourth-order valence-electron chi connectivity index (χ4n) is 2.92. The number of rotatable bonds is 5. The number of benzene rings is 2. The van der Waals surface area contributed by atoms with E-state index >= 15 is 0 Å². The molecule has 2 N–H and O–H groups in total. The number of carbonyl (C=O) groups excluding carboxylic acids is 1. The number of para-hydroxylation sites is 1. The molecule has 0 bridgehead atoms. The van der Waals surface area contributed by atoms with Crippen molar-refractivity contribution in [3.8, 4) is 5.75 Å². The maximum Gasteiger partial charge on any atom is 0.315 e. The summed E-state index contributed by atoms with van der Waals surface area (Å²) in [6.45, 7) is 2.69. The number of ether oxygens (including phenoxy) is 1. The number of nitro benzene ring substituents is 1. The zero-order chi connectivity index (χ0) is 17.8. The Morgan fingerprint density at radius 2 is 2.12 bits per heavy atom. The summed E-state index contributed by atoms with van der Waals surface area (Å²) in [6.07, 6.45) is 0. The Morgan fingerprint density at radius 3 is 2.92 bits per heavy atom. The van der Waals surface area contributed by atoms with Crippen LogP contribution in [0.4, 0.5) is 10.5 Å². The Hall–Kier alpha value is -3.09. The number of fused-ring (bicyclic) bond motifs is 1. The van der Waals surface area contributed by atoms with E-state index in [9.17, 15) is 14.9 Å². The van der Waals surface area contributed by atoms with E-state index in [2.05, 4.69) is 10.6 Å². The number of urea groups is 1. The van der Waals surface area contributed by atoms with Crippen molar-refractivity contribution in [1.29, 1.82) is 0 Å². The molecule has 2 atom stereocenters. The summed E-state index contributed by atoms with van der Waals surface area (Å²) in [4.78, 5) is 22.4. The Morgan fingerprint density at radius 1 is 1.32 bits per heavy atom. The second-order valence-electron chi connectivity index (χ2n) is 6.00. The maximum atomic E-state index is 12.1. The lowest BCUT2D eigenvalue weighted by atomic mass is 9.94. The number of amides is 2. The van der Waals surface area contributed by atoms with Crippen molar-refractivity contribution in [3.05, 3.63) is 69.8 Å². The third kappa shape index (κ3) is 3.88. The third-order valence-electron chi connectivity index (χ3n) is 4.27. The van der Waals surface area contributed by atoms with Crippen molar-refractivity contribution in [2.24, 2.45) is 0 Å². The molecule has 2 aromatic carbocycles. The second-order valence-corrected chi connectivity index (χ2v) is 6.00. The summed E-state index contributed by atoms with van der Waals surface area (Å²) in [5.74, 6) is 0.956. The van der Waals surface area contributed by atoms with Crippen LogP contribution < -0.4 is 15.4 Å². The minimum Gasteiger partial charge on any atom is -0.493 e. The molecule has 130 valence electrons. The lowest BCUT2D eigenvalue weighted by Crippen LogP contribution is -2.43. The predicted octanol–water partition coefficient (Wildman–Crippen LogP) is 2.96. The maximum absolute atomic E-state index is 12.1. The smallest absolute Gasteiger partial charge is 0.315 e. The van der Waals surface area contributed by atoms with Gasteiger partial charge in [0.15, 0.2) is 0 Å². The number of hydrogen-bond donors (Lipinski definition) is 2. The molecule has 0 saturated heterocycles. The third-order valence-corrected chi connectivity index (χ3v) is 4.27. The van der Waals surface area contributed by atoms with E-state index in [4.69, 9.17) is 4.74 Å². The molecule has 7 nitrogen and oxygen atoms in total. The van der Waals surface area contributed by atoms with Crippen LogP contribution in [0, 0.1) is 10.1 Å². The van der Waals surface area contributed by atoms with E-state index in [0.29, 0.717) is 12.2 Å². The highest BCUT2D eigenvalue weighted by Gasteiger charge is 2.29. The monoisotopic (exact) mass is 341 g/mol. The summed E-state index contributed by atoms with van der Waals surface area (Å²) in [7, 11) is 0. The number of nitrogens with one attached hydrogen (secondary N) is 2. The van der Waals surface area contributed by atoms with Gasteiger partial charge in [0.05, 0.1) is 11.5 Å². The van der Waals surface area contributed by atoms with Crippen LogP contribution in [-0.2, 0) is 6.54 Å². The molecule has 2 amide bonds. The number of nitrogens with zero attached hydrogens (tertiary/aromatic N) is 1. The molecule has 1 aliphatic rings. The zero-order valence-corrected chi connectivity index (χ0v) is 13.8. The van der Waals surface area contributed by atoms with E-state index in [1.54, 1.807) is 12.1 Å². The van der Waals surface area contributed by atoms with E-state index in [-0.39, 0.29) is 30.2 Å². The zero-order valence-electron chi connectivity index (χ0n) is 13.8. The van der Waals surface area contributed by atoms with Gasteiger partial charge in [-0.1, -0.05) is 30.3 Å². The summed E-state index contributed by atoms with van der Waals surface area (Å²) in [6, 6.07) is 13.6. The van der Waals surface area contributed by atoms with E-state index in [1.165, 1.54) is 12.1 Å². The summed E-state index contributed by atoms with van der Waals surface area (Å²) in [5, 5.41) is 16.4. The van der Waals surface area contributed by atoms with Gasteiger partial charge in [0.1, 0.15) is 5.75 Å². The van der Waals surface area contributed by atoms with Crippen molar-refractivity contribution in [2.45, 2.75) is 25.4 Å². The standard InChI is InChI=1S/C18H19N3O4/c1-12(16-11-25-17-8-3-2-7-15(16)17)20-18(22)19-10-13-5-4-6-14(9-13)21(23)24/h2-9,12,16H,10-11H2,1H3,(H2,19,20,22). The van der Waals surface area contributed by atoms with Crippen LogP contribution >= 0.6 is 0 Å². The molecule has 0 radical (unpaired) electrons. The van der Waals surface area contributed by atoms with Gasteiger partial charge in [-0.25, -0.2) is 4.79 Å². The highest BCUT2D eigenvalue weighted by Crippen LogP contribution is 2.35. The summed E-state index contributed by atoms with van der Waals surface area (Å²) < 4.78 is 5.64. The Balaban J connectivity index is 1.55. The van der Waals surface area contributed by atoms with E-state index in [1.807, 2.05) is 31.2 Å². The molecule has 0 saturated carbocycles. The van der Waals surface area contributed by atoms with Gasteiger partial charge in [0.25, 0.3) is 5.69 Å². The Labute approximate surface area is 145 Å². The number of nitro groups is 1. The van der Waals surface area contributed by atoms with E-state index in [0.717, 1.165) is 11.3 Å². The van der Waals surface area contributed by atoms with Crippen LogP contribution in [0.25, 0.3) is 0 Å². The first kappa shape index (κ1) is 16.8. The summed E-state index contributed by atoms with van der Waals surface area (Å²) in [5.41, 5.74) is 1.77. The van der Waals surface area contributed by atoms with Gasteiger partial charge >= 0.3 is 6.03 Å². The van der Waals surface area contributed by atoms with Gasteiger partial charge in [-0.05, 0) is 18.6 Å². The Bertz CT molecular complexity index is 793. The second kappa shape index (κ2) is 7.21. The van der Waals surface area contributed by atoms with Crippen LogP contribution in [-0.4, -0.2) is 23.6 Å². The summed E-state index contributed by atoms with van der Waals surface area (Å²) >= 11 is 0. The fraction of sp³-hybridized carbons (Fsp3) is 0.278. The van der Waals surface area contributed by atoms with Crippen LogP contribution in [0.3, 0.4) is 0 Å². The lowest BCUT2D eigenvalue weighted by Gasteiger charge is -2.20. The SMILES string of the molecule is CC(NC(=O)NCc1cccc([N+](=O)[O-])c1)C1COc2ccccc21. The first-order valence-corrected chi connectivity index (χ1v) is 8.04. The van der Waals surface area contributed by atoms with Gasteiger partial charge in [0.2, 0.25) is 0 Å². The topological polar surface area (TPSA) is 93.5 Å². The van der Waals surface area contributed by atoms with Gasteiger partial charge in [-0.3, -0.25) is 10.1 Å². The van der Waals surface area contributed by atoms with Crippen molar-refractivity contribution in [2.75, 3.05) is 6.61 Å². The molecule has 3 rings (SSSR count). The average Bonchev–Trinajstić information content (AvgIpc) is 3.04. The molecule has 0 spiro atoms. The first-order chi connectivity index (χ1) is 12.0. The van der Waals surface area contributed by atoms with Crippen molar-refractivity contribution in [3.63, 3.8) is 0 Å². The predicted molar refractivity (Wildman–Crippen MR) is 92.6 cm³/mol. The minimum absolute atomic E-state index is 0.00721.